The minimum Gasteiger partial charge on any atom is -0.330 e. The molecule has 5 heteroatoms. The van der Waals surface area contributed by atoms with E-state index >= 15 is 0 Å². The molecule has 144 valence electrons. The molecule has 2 aromatic carbocycles. The summed E-state index contributed by atoms with van der Waals surface area (Å²) in [4.78, 5) is 21.1. The van der Waals surface area contributed by atoms with Gasteiger partial charge in [-0.15, -0.1) is 0 Å². The SMILES string of the molecule is Cc1cc(-c2ccc(NC(=O)NC(C)c3cc4ccccc4cn3)cc2)ccn1. The topological polar surface area (TPSA) is 66.9 Å². The van der Waals surface area contributed by atoms with Crippen molar-refractivity contribution in [2.45, 2.75) is 19.9 Å². The first-order valence-electron chi connectivity index (χ1n) is 9.54. The number of hydrogen-bond donors (Lipinski definition) is 2. The Bertz CT molecular complexity index is 1150. The van der Waals surface area contributed by atoms with E-state index in [1.807, 2.05) is 86.8 Å². The quantitative estimate of drug-likeness (QED) is 0.490. The number of carbonyl (C=O) groups excluding carboxylic acids is 1. The third kappa shape index (κ3) is 4.41. The predicted octanol–water partition coefficient (Wildman–Crippen LogP) is 5.49. The fourth-order valence-electron chi connectivity index (χ4n) is 3.25. The summed E-state index contributed by atoms with van der Waals surface area (Å²) in [6.07, 6.45) is 3.63. The van der Waals surface area contributed by atoms with Crippen molar-refractivity contribution >= 4 is 22.5 Å². The number of nitrogens with zero attached hydrogens (tertiary/aromatic N) is 2. The molecule has 0 aliphatic heterocycles. The van der Waals surface area contributed by atoms with E-state index in [0.717, 1.165) is 39.0 Å². The number of urea groups is 1. The number of benzene rings is 2. The lowest BCUT2D eigenvalue weighted by molar-refractivity contribution is 0.249. The second-order valence-corrected chi connectivity index (χ2v) is 7.04. The molecule has 1 unspecified atom stereocenters. The van der Waals surface area contributed by atoms with E-state index in [-0.39, 0.29) is 12.1 Å². The maximum Gasteiger partial charge on any atom is 0.319 e. The molecule has 0 aliphatic carbocycles. The molecule has 0 bridgehead atoms. The summed E-state index contributed by atoms with van der Waals surface area (Å²) in [6.45, 7) is 3.89. The molecule has 2 N–H and O–H groups in total. The van der Waals surface area contributed by atoms with Gasteiger partial charge in [0.1, 0.15) is 0 Å². The van der Waals surface area contributed by atoms with Crippen LogP contribution in [0.1, 0.15) is 24.4 Å². The molecule has 29 heavy (non-hydrogen) atoms. The van der Waals surface area contributed by atoms with E-state index < -0.39 is 0 Å². The molecule has 2 aromatic heterocycles. The first-order valence-corrected chi connectivity index (χ1v) is 9.54. The summed E-state index contributed by atoms with van der Waals surface area (Å²) in [5, 5.41) is 8.01. The molecule has 0 fully saturated rings. The predicted molar refractivity (Wildman–Crippen MR) is 117 cm³/mol. The zero-order chi connectivity index (χ0) is 20.2. The molecule has 2 heterocycles. The smallest absolute Gasteiger partial charge is 0.319 e. The fourth-order valence-corrected chi connectivity index (χ4v) is 3.25. The van der Waals surface area contributed by atoms with Gasteiger partial charge >= 0.3 is 6.03 Å². The van der Waals surface area contributed by atoms with Gasteiger partial charge in [-0.2, -0.15) is 0 Å². The molecule has 0 saturated heterocycles. The van der Waals surface area contributed by atoms with Crippen molar-refractivity contribution < 1.29 is 4.79 Å². The first kappa shape index (κ1) is 18.6. The number of hydrogen-bond acceptors (Lipinski definition) is 3. The molecule has 4 aromatic rings. The Morgan fingerprint density at radius 2 is 1.66 bits per heavy atom. The molecule has 5 nitrogen and oxygen atoms in total. The summed E-state index contributed by atoms with van der Waals surface area (Å²) >= 11 is 0. The Hall–Kier alpha value is -3.73. The van der Waals surface area contributed by atoms with Crippen molar-refractivity contribution in [3.8, 4) is 11.1 Å². The summed E-state index contributed by atoms with van der Waals surface area (Å²) < 4.78 is 0. The highest BCUT2D eigenvalue weighted by molar-refractivity contribution is 5.90. The lowest BCUT2D eigenvalue weighted by atomic mass is 10.1. The average Bonchev–Trinajstić information content (AvgIpc) is 2.74. The highest BCUT2D eigenvalue weighted by Gasteiger charge is 2.11. The maximum atomic E-state index is 12.4. The van der Waals surface area contributed by atoms with Crippen LogP contribution in [0.5, 0.6) is 0 Å². The maximum absolute atomic E-state index is 12.4. The molecule has 0 spiro atoms. The van der Waals surface area contributed by atoms with Crippen LogP contribution in [0.4, 0.5) is 10.5 Å². The van der Waals surface area contributed by atoms with Crippen molar-refractivity contribution in [3.63, 3.8) is 0 Å². The van der Waals surface area contributed by atoms with Crippen LogP contribution in [0.25, 0.3) is 21.9 Å². The zero-order valence-corrected chi connectivity index (χ0v) is 16.4. The normalized spacial score (nSPS) is 11.8. The number of anilines is 1. The van der Waals surface area contributed by atoms with Gasteiger partial charge < -0.3 is 10.6 Å². The second kappa shape index (κ2) is 8.10. The monoisotopic (exact) mass is 382 g/mol. The van der Waals surface area contributed by atoms with Crippen LogP contribution in [0.2, 0.25) is 0 Å². The molecule has 0 radical (unpaired) electrons. The van der Waals surface area contributed by atoms with Gasteiger partial charge in [-0.3, -0.25) is 9.97 Å². The van der Waals surface area contributed by atoms with Gasteiger partial charge in [0.15, 0.2) is 0 Å². The molecule has 1 atom stereocenters. The Balaban J connectivity index is 1.41. The minimum atomic E-state index is -0.264. The number of carbonyl (C=O) groups is 1. The summed E-state index contributed by atoms with van der Waals surface area (Å²) in [5.41, 5.74) is 4.71. The van der Waals surface area contributed by atoms with Gasteiger partial charge in [0, 0.05) is 29.2 Å². The van der Waals surface area contributed by atoms with Crippen LogP contribution in [-0.4, -0.2) is 16.0 Å². The van der Waals surface area contributed by atoms with E-state index in [2.05, 4.69) is 20.6 Å². The third-order valence-corrected chi connectivity index (χ3v) is 4.82. The molecule has 2 amide bonds. The first-order chi connectivity index (χ1) is 14.1. The highest BCUT2D eigenvalue weighted by Crippen LogP contribution is 2.22. The Labute approximate surface area is 169 Å². The zero-order valence-electron chi connectivity index (χ0n) is 16.4. The Kier molecular flexibility index (Phi) is 5.20. The largest absolute Gasteiger partial charge is 0.330 e. The molecular formula is C24H22N4O. The number of nitrogens with one attached hydrogen (secondary N) is 2. The second-order valence-electron chi connectivity index (χ2n) is 7.04. The molecule has 0 saturated carbocycles. The van der Waals surface area contributed by atoms with E-state index in [0.29, 0.717) is 0 Å². The number of rotatable bonds is 4. The van der Waals surface area contributed by atoms with Crippen molar-refractivity contribution in [1.82, 2.24) is 15.3 Å². The van der Waals surface area contributed by atoms with Crippen molar-refractivity contribution in [1.29, 1.82) is 0 Å². The van der Waals surface area contributed by atoms with E-state index in [9.17, 15) is 4.79 Å². The number of fused-ring (bicyclic) bond motifs is 1. The molecular weight excluding hydrogens is 360 g/mol. The van der Waals surface area contributed by atoms with E-state index in [1.54, 1.807) is 6.20 Å². The van der Waals surface area contributed by atoms with Crippen molar-refractivity contribution in [2.24, 2.45) is 0 Å². The van der Waals surface area contributed by atoms with Crippen LogP contribution in [0.15, 0.2) is 79.1 Å². The molecule has 4 rings (SSSR count). The van der Waals surface area contributed by atoms with Gasteiger partial charge in [-0.25, -0.2) is 4.79 Å². The average molecular weight is 382 g/mol. The number of aryl methyl sites for hydroxylation is 1. The minimum absolute atomic E-state index is 0.210. The van der Waals surface area contributed by atoms with Crippen molar-refractivity contribution in [3.05, 3.63) is 90.5 Å². The third-order valence-electron chi connectivity index (χ3n) is 4.82. The number of aromatic nitrogens is 2. The summed E-state index contributed by atoms with van der Waals surface area (Å²) in [5.74, 6) is 0. The van der Waals surface area contributed by atoms with Crippen LogP contribution in [0, 0.1) is 6.92 Å². The lowest BCUT2D eigenvalue weighted by Crippen LogP contribution is -2.31. The van der Waals surface area contributed by atoms with Gasteiger partial charge in [-0.1, -0.05) is 36.4 Å². The standard InChI is InChI=1S/C24H22N4O/c1-16-13-20(11-12-25-16)18-7-9-22(10-8-18)28-24(29)27-17(2)23-14-19-5-3-4-6-21(19)15-26-23/h3-15,17H,1-2H3,(H2,27,28,29). The summed E-state index contributed by atoms with van der Waals surface area (Å²) in [6, 6.07) is 21.3. The van der Waals surface area contributed by atoms with E-state index in [1.165, 1.54) is 0 Å². The highest BCUT2D eigenvalue weighted by atomic mass is 16.2. The van der Waals surface area contributed by atoms with Crippen LogP contribution in [-0.2, 0) is 0 Å². The number of amides is 2. The van der Waals surface area contributed by atoms with E-state index in [4.69, 9.17) is 0 Å². The van der Waals surface area contributed by atoms with Gasteiger partial charge in [0.25, 0.3) is 0 Å². The molecule has 0 aliphatic rings. The lowest BCUT2D eigenvalue weighted by Gasteiger charge is -2.15. The van der Waals surface area contributed by atoms with Gasteiger partial charge in [0.05, 0.1) is 11.7 Å². The van der Waals surface area contributed by atoms with Crippen LogP contribution in [0.3, 0.4) is 0 Å². The summed E-state index contributed by atoms with van der Waals surface area (Å²) in [7, 11) is 0. The number of pyridine rings is 2. The van der Waals surface area contributed by atoms with Crippen molar-refractivity contribution in [2.75, 3.05) is 5.32 Å². The van der Waals surface area contributed by atoms with Gasteiger partial charge in [0.2, 0.25) is 0 Å². The Morgan fingerprint density at radius 1 is 0.897 bits per heavy atom. The van der Waals surface area contributed by atoms with Gasteiger partial charge in [-0.05, 0) is 60.7 Å². The Morgan fingerprint density at radius 3 is 2.41 bits per heavy atom. The van der Waals surface area contributed by atoms with Crippen LogP contribution < -0.4 is 10.6 Å². The van der Waals surface area contributed by atoms with Crippen LogP contribution >= 0.6 is 0 Å². The fraction of sp³-hybridized carbons (Fsp3) is 0.125.